The van der Waals surface area contributed by atoms with Crippen LogP contribution in [0.2, 0.25) is 0 Å². The molecule has 1 aliphatic rings. The summed E-state index contributed by atoms with van der Waals surface area (Å²) in [7, 11) is 0. The molecule has 5 nitrogen and oxygen atoms in total. The van der Waals surface area contributed by atoms with Crippen LogP contribution in [0.1, 0.15) is 23.7 Å². The third-order valence-corrected chi connectivity index (χ3v) is 3.57. The summed E-state index contributed by atoms with van der Waals surface area (Å²) < 4.78 is 13.5. The SMILES string of the molecule is CCC(C#N)N1CCN(C(=O)c2cccnc2F)CC1. The number of carbonyl (C=O) groups is 1. The van der Waals surface area contributed by atoms with Gasteiger partial charge in [0.2, 0.25) is 5.95 Å². The zero-order valence-corrected chi connectivity index (χ0v) is 11.4. The summed E-state index contributed by atoms with van der Waals surface area (Å²) in [4.78, 5) is 19.4. The number of piperazine rings is 1. The van der Waals surface area contributed by atoms with Crippen molar-refractivity contribution in [2.75, 3.05) is 26.2 Å². The average molecular weight is 276 g/mol. The number of halogens is 1. The highest BCUT2D eigenvalue weighted by atomic mass is 19.1. The van der Waals surface area contributed by atoms with E-state index in [0.717, 1.165) is 6.42 Å². The molecule has 1 fully saturated rings. The molecule has 6 heteroatoms. The van der Waals surface area contributed by atoms with Crippen molar-refractivity contribution in [2.24, 2.45) is 0 Å². The van der Waals surface area contributed by atoms with Crippen LogP contribution in [0.3, 0.4) is 0 Å². The smallest absolute Gasteiger partial charge is 0.258 e. The number of pyridine rings is 1. The number of rotatable bonds is 3. The number of nitrogens with zero attached hydrogens (tertiary/aromatic N) is 4. The Labute approximate surface area is 117 Å². The van der Waals surface area contributed by atoms with Crippen LogP contribution >= 0.6 is 0 Å². The van der Waals surface area contributed by atoms with Gasteiger partial charge in [-0.15, -0.1) is 0 Å². The molecular formula is C14H17FN4O. The van der Waals surface area contributed by atoms with Crippen LogP contribution in [0.5, 0.6) is 0 Å². The van der Waals surface area contributed by atoms with Crippen molar-refractivity contribution in [1.29, 1.82) is 5.26 Å². The van der Waals surface area contributed by atoms with E-state index in [9.17, 15) is 9.18 Å². The fourth-order valence-electron chi connectivity index (χ4n) is 2.38. The Bertz CT molecular complexity index is 520. The van der Waals surface area contributed by atoms with Gasteiger partial charge in [-0.3, -0.25) is 9.69 Å². The molecule has 1 atom stereocenters. The van der Waals surface area contributed by atoms with E-state index >= 15 is 0 Å². The molecule has 1 amide bonds. The Morgan fingerprint density at radius 3 is 2.75 bits per heavy atom. The normalized spacial score (nSPS) is 17.6. The van der Waals surface area contributed by atoms with Crippen molar-refractivity contribution in [1.82, 2.24) is 14.8 Å². The quantitative estimate of drug-likeness (QED) is 0.780. The predicted molar refractivity (Wildman–Crippen MR) is 71.4 cm³/mol. The second kappa shape index (κ2) is 6.44. The van der Waals surface area contributed by atoms with Crippen molar-refractivity contribution >= 4 is 5.91 Å². The molecule has 0 spiro atoms. The van der Waals surface area contributed by atoms with Crippen LogP contribution < -0.4 is 0 Å². The molecule has 0 radical (unpaired) electrons. The van der Waals surface area contributed by atoms with E-state index in [2.05, 4.69) is 16.0 Å². The van der Waals surface area contributed by atoms with Gasteiger partial charge < -0.3 is 4.90 Å². The van der Waals surface area contributed by atoms with Crippen LogP contribution in [0.4, 0.5) is 4.39 Å². The molecule has 0 saturated carbocycles. The van der Waals surface area contributed by atoms with Gasteiger partial charge in [0, 0.05) is 32.4 Å². The number of hydrogen-bond donors (Lipinski definition) is 0. The molecule has 0 aliphatic carbocycles. The Kier molecular flexibility index (Phi) is 4.64. The van der Waals surface area contributed by atoms with E-state index in [1.54, 1.807) is 11.0 Å². The van der Waals surface area contributed by atoms with Crippen molar-refractivity contribution in [3.05, 3.63) is 29.8 Å². The second-order valence-electron chi connectivity index (χ2n) is 4.72. The first kappa shape index (κ1) is 14.4. The van der Waals surface area contributed by atoms with Crippen LogP contribution in [0.25, 0.3) is 0 Å². The lowest BCUT2D eigenvalue weighted by molar-refractivity contribution is 0.0599. The fraction of sp³-hybridized carbons (Fsp3) is 0.500. The molecule has 1 unspecified atom stereocenters. The first-order valence-electron chi connectivity index (χ1n) is 6.70. The zero-order valence-electron chi connectivity index (χ0n) is 11.4. The monoisotopic (exact) mass is 276 g/mol. The number of aromatic nitrogens is 1. The maximum atomic E-state index is 13.5. The standard InChI is InChI=1S/C14H17FN4O/c1-2-11(10-16)18-6-8-19(9-7-18)14(20)12-4-3-5-17-13(12)15/h3-5,11H,2,6-9H2,1H3. The number of hydrogen-bond acceptors (Lipinski definition) is 4. The topological polar surface area (TPSA) is 60.2 Å². The number of nitriles is 1. The Hall–Kier alpha value is -2.00. The van der Waals surface area contributed by atoms with Crippen molar-refractivity contribution in [3.63, 3.8) is 0 Å². The summed E-state index contributed by atoms with van der Waals surface area (Å²) in [5.41, 5.74) is 0.00766. The summed E-state index contributed by atoms with van der Waals surface area (Å²) in [6.07, 6.45) is 2.09. The third-order valence-electron chi connectivity index (χ3n) is 3.57. The van der Waals surface area contributed by atoms with Crippen LogP contribution in [-0.2, 0) is 0 Å². The van der Waals surface area contributed by atoms with E-state index in [1.807, 2.05) is 6.92 Å². The minimum atomic E-state index is -0.733. The molecule has 0 bridgehead atoms. The lowest BCUT2D eigenvalue weighted by Crippen LogP contribution is -2.51. The third kappa shape index (κ3) is 2.94. The molecule has 0 aromatic carbocycles. The summed E-state index contributed by atoms with van der Waals surface area (Å²) >= 11 is 0. The van der Waals surface area contributed by atoms with Gasteiger partial charge >= 0.3 is 0 Å². The van der Waals surface area contributed by atoms with Gasteiger partial charge in [0.1, 0.15) is 0 Å². The van der Waals surface area contributed by atoms with Crippen LogP contribution in [0.15, 0.2) is 18.3 Å². The average Bonchev–Trinajstić information content (AvgIpc) is 2.49. The molecule has 1 aromatic heterocycles. The lowest BCUT2D eigenvalue weighted by Gasteiger charge is -2.36. The number of carbonyl (C=O) groups excluding carboxylic acids is 1. The van der Waals surface area contributed by atoms with Crippen molar-refractivity contribution < 1.29 is 9.18 Å². The van der Waals surface area contributed by atoms with Gasteiger partial charge in [-0.25, -0.2) is 4.98 Å². The minimum absolute atomic E-state index is 0.00766. The Morgan fingerprint density at radius 1 is 1.50 bits per heavy atom. The van der Waals surface area contributed by atoms with E-state index in [4.69, 9.17) is 5.26 Å². The highest BCUT2D eigenvalue weighted by Crippen LogP contribution is 2.13. The van der Waals surface area contributed by atoms with Gasteiger partial charge in [0.25, 0.3) is 5.91 Å². The summed E-state index contributed by atoms with van der Waals surface area (Å²) in [6.45, 7) is 4.26. The fourth-order valence-corrected chi connectivity index (χ4v) is 2.38. The largest absolute Gasteiger partial charge is 0.336 e. The molecule has 1 aliphatic heterocycles. The molecule has 106 valence electrons. The molecule has 0 N–H and O–H groups in total. The highest BCUT2D eigenvalue weighted by Gasteiger charge is 2.27. The van der Waals surface area contributed by atoms with Gasteiger partial charge in [-0.05, 0) is 18.6 Å². The van der Waals surface area contributed by atoms with Crippen molar-refractivity contribution in [2.45, 2.75) is 19.4 Å². The molecule has 1 aromatic rings. The molecule has 2 heterocycles. The lowest BCUT2D eigenvalue weighted by atomic mass is 10.1. The predicted octanol–water partition coefficient (Wildman–Crippen LogP) is 1.28. The van der Waals surface area contributed by atoms with Gasteiger partial charge in [0.15, 0.2) is 0 Å². The van der Waals surface area contributed by atoms with E-state index < -0.39 is 5.95 Å². The number of amides is 1. The highest BCUT2D eigenvalue weighted by molar-refractivity contribution is 5.94. The maximum Gasteiger partial charge on any atom is 0.258 e. The minimum Gasteiger partial charge on any atom is -0.336 e. The van der Waals surface area contributed by atoms with E-state index in [-0.39, 0.29) is 17.5 Å². The first-order chi connectivity index (χ1) is 9.67. The second-order valence-corrected chi connectivity index (χ2v) is 4.72. The van der Waals surface area contributed by atoms with E-state index in [1.165, 1.54) is 12.3 Å². The van der Waals surface area contributed by atoms with Gasteiger partial charge in [-0.2, -0.15) is 9.65 Å². The van der Waals surface area contributed by atoms with E-state index in [0.29, 0.717) is 26.2 Å². The summed E-state index contributed by atoms with van der Waals surface area (Å²) in [6, 6.07) is 5.15. The maximum absolute atomic E-state index is 13.5. The molecule has 1 saturated heterocycles. The molecule has 20 heavy (non-hydrogen) atoms. The summed E-state index contributed by atoms with van der Waals surface area (Å²) in [5, 5.41) is 9.04. The van der Waals surface area contributed by atoms with Gasteiger partial charge in [0.05, 0.1) is 17.7 Å². The molecule has 2 rings (SSSR count). The summed E-state index contributed by atoms with van der Waals surface area (Å²) in [5.74, 6) is -1.07. The van der Waals surface area contributed by atoms with Crippen molar-refractivity contribution in [3.8, 4) is 6.07 Å². The van der Waals surface area contributed by atoms with Crippen LogP contribution in [0, 0.1) is 17.3 Å². The zero-order chi connectivity index (χ0) is 14.5. The first-order valence-corrected chi connectivity index (χ1v) is 6.70. The Morgan fingerprint density at radius 2 is 2.20 bits per heavy atom. The Balaban J connectivity index is 1.99. The molecular weight excluding hydrogens is 259 g/mol. The van der Waals surface area contributed by atoms with Gasteiger partial charge in [-0.1, -0.05) is 6.92 Å². The van der Waals surface area contributed by atoms with Crippen LogP contribution in [-0.4, -0.2) is 52.9 Å².